The van der Waals surface area contributed by atoms with Gasteiger partial charge in [0.1, 0.15) is 5.52 Å². The molecule has 0 spiro atoms. The SMILES string of the molecule is CCC(c1ccccc1)C1CCCN1C(=O)C1CCN(c2nc3ccccc3o2)CC1. The number of hydrogen-bond donors (Lipinski definition) is 0. The number of carbonyl (C=O) groups is 1. The average molecular weight is 418 g/mol. The Labute approximate surface area is 184 Å². The fraction of sp³-hybridized carbons (Fsp3) is 0.462. The minimum absolute atomic E-state index is 0.106. The number of hydrogen-bond acceptors (Lipinski definition) is 4. The minimum atomic E-state index is 0.106. The van der Waals surface area contributed by atoms with Gasteiger partial charge in [0.05, 0.1) is 0 Å². The number of piperidine rings is 1. The van der Waals surface area contributed by atoms with Gasteiger partial charge in [0.25, 0.3) is 6.01 Å². The first kappa shape index (κ1) is 20.1. The normalized spacial score (nSPS) is 21.0. The van der Waals surface area contributed by atoms with Crippen LogP contribution in [0.25, 0.3) is 11.1 Å². The van der Waals surface area contributed by atoms with Crippen molar-refractivity contribution in [3.8, 4) is 0 Å². The number of amides is 1. The molecule has 2 fully saturated rings. The molecule has 5 heteroatoms. The molecule has 2 aliphatic rings. The Morgan fingerprint density at radius 2 is 1.77 bits per heavy atom. The van der Waals surface area contributed by atoms with Crippen molar-refractivity contribution < 1.29 is 9.21 Å². The molecule has 2 atom stereocenters. The van der Waals surface area contributed by atoms with Crippen LogP contribution in [0.5, 0.6) is 0 Å². The number of nitrogens with zero attached hydrogens (tertiary/aromatic N) is 3. The predicted octanol–water partition coefficient (Wildman–Crippen LogP) is 5.23. The van der Waals surface area contributed by atoms with Gasteiger partial charge in [0, 0.05) is 37.5 Å². The minimum Gasteiger partial charge on any atom is -0.423 e. The van der Waals surface area contributed by atoms with Gasteiger partial charge in [-0.2, -0.15) is 4.98 Å². The summed E-state index contributed by atoms with van der Waals surface area (Å²) in [5, 5.41) is 0. The Morgan fingerprint density at radius 3 is 2.52 bits per heavy atom. The molecule has 5 rings (SSSR count). The first-order valence-corrected chi connectivity index (χ1v) is 11.7. The number of anilines is 1. The molecule has 5 nitrogen and oxygen atoms in total. The Kier molecular flexibility index (Phi) is 5.66. The van der Waals surface area contributed by atoms with E-state index in [1.54, 1.807) is 0 Å². The Balaban J connectivity index is 1.25. The molecule has 0 aliphatic carbocycles. The van der Waals surface area contributed by atoms with Crippen LogP contribution in [-0.2, 0) is 4.79 Å². The topological polar surface area (TPSA) is 49.6 Å². The molecule has 2 saturated heterocycles. The zero-order valence-electron chi connectivity index (χ0n) is 18.2. The van der Waals surface area contributed by atoms with E-state index in [1.807, 2.05) is 24.3 Å². The van der Waals surface area contributed by atoms with E-state index in [0.717, 1.165) is 62.8 Å². The van der Waals surface area contributed by atoms with E-state index in [2.05, 4.69) is 52.0 Å². The van der Waals surface area contributed by atoms with Gasteiger partial charge in [-0.15, -0.1) is 0 Å². The smallest absolute Gasteiger partial charge is 0.298 e. The first-order valence-electron chi connectivity index (χ1n) is 11.7. The Bertz CT molecular complexity index is 990. The summed E-state index contributed by atoms with van der Waals surface area (Å²) in [5.41, 5.74) is 3.07. The van der Waals surface area contributed by atoms with Gasteiger partial charge < -0.3 is 14.2 Å². The summed E-state index contributed by atoms with van der Waals surface area (Å²) >= 11 is 0. The molecule has 1 aromatic heterocycles. The van der Waals surface area contributed by atoms with Crippen molar-refractivity contribution in [1.82, 2.24) is 9.88 Å². The summed E-state index contributed by atoms with van der Waals surface area (Å²) in [6, 6.07) is 19.6. The maximum atomic E-state index is 13.5. The van der Waals surface area contributed by atoms with E-state index in [4.69, 9.17) is 4.42 Å². The van der Waals surface area contributed by atoms with Gasteiger partial charge in [-0.25, -0.2) is 0 Å². The van der Waals surface area contributed by atoms with E-state index in [1.165, 1.54) is 5.56 Å². The molecule has 2 unspecified atom stereocenters. The lowest BCUT2D eigenvalue weighted by atomic mass is 9.86. The predicted molar refractivity (Wildman–Crippen MR) is 123 cm³/mol. The molecule has 3 heterocycles. The van der Waals surface area contributed by atoms with Crippen molar-refractivity contribution in [2.45, 2.75) is 51.0 Å². The second-order valence-corrected chi connectivity index (χ2v) is 8.89. The van der Waals surface area contributed by atoms with E-state index in [9.17, 15) is 4.79 Å². The van der Waals surface area contributed by atoms with Crippen LogP contribution in [0.4, 0.5) is 6.01 Å². The summed E-state index contributed by atoms with van der Waals surface area (Å²) in [5.74, 6) is 0.885. The third kappa shape index (κ3) is 3.93. The van der Waals surface area contributed by atoms with Crippen LogP contribution in [0.2, 0.25) is 0 Å². The third-order valence-corrected chi connectivity index (χ3v) is 7.11. The molecule has 1 amide bonds. The molecule has 31 heavy (non-hydrogen) atoms. The highest BCUT2D eigenvalue weighted by Crippen LogP contribution is 2.36. The molecule has 0 radical (unpaired) electrons. The molecular weight excluding hydrogens is 386 g/mol. The summed E-state index contributed by atoms with van der Waals surface area (Å²) in [6.45, 7) is 4.78. The standard InChI is InChI=1S/C26H31N3O2/c1-2-21(19-9-4-3-5-10-19)23-12-8-16-29(23)25(30)20-14-17-28(18-15-20)26-27-22-11-6-7-13-24(22)31-26/h3-7,9-11,13,20-21,23H,2,8,12,14-18H2,1H3. The first-order chi connectivity index (χ1) is 15.2. The van der Waals surface area contributed by atoms with Gasteiger partial charge >= 0.3 is 0 Å². The zero-order valence-corrected chi connectivity index (χ0v) is 18.2. The highest BCUT2D eigenvalue weighted by Gasteiger charge is 2.38. The molecule has 162 valence electrons. The number of fused-ring (bicyclic) bond motifs is 1. The largest absolute Gasteiger partial charge is 0.423 e. The lowest BCUT2D eigenvalue weighted by molar-refractivity contribution is -0.137. The number of para-hydroxylation sites is 2. The number of carbonyl (C=O) groups excluding carboxylic acids is 1. The molecule has 0 saturated carbocycles. The van der Waals surface area contributed by atoms with E-state index >= 15 is 0 Å². The van der Waals surface area contributed by atoms with Crippen molar-refractivity contribution in [3.63, 3.8) is 0 Å². The zero-order chi connectivity index (χ0) is 21.2. The summed E-state index contributed by atoms with van der Waals surface area (Å²) < 4.78 is 5.93. The van der Waals surface area contributed by atoms with Crippen LogP contribution >= 0.6 is 0 Å². The molecule has 2 aliphatic heterocycles. The van der Waals surface area contributed by atoms with Gasteiger partial charge in [-0.1, -0.05) is 49.4 Å². The van der Waals surface area contributed by atoms with E-state index in [-0.39, 0.29) is 5.92 Å². The maximum absolute atomic E-state index is 13.5. The van der Waals surface area contributed by atoms with Crippen LogP contribution in [0.3, 0.4) is 0 Å². The summed E-state index contributed by atoms with van der Waals surface area (Å²) in [7, 11) is 0. The third-order valence-electron chi connectivity index (χ3n) is 7.11. The molecule has 3 aromatic rings. The summed E-state index contributed by atoms with van der Waals surface area (Å²) in [6.07, 6.45) is 5.02. The van der Waals surface area contributed by atoms with Gasteiger partial charge in [0.15, 0.2) is 5.58 Å². The molecule has 0 N–H and O–H groups in total. The van der Waals surface area contributed by atoms with Crippen LogP contribution in [-0.4, -0.2) is 41.5 Å². The van der Waals surface area contributed by atoms with Crippen LogP contribution in [0.1, 0.15) is 50.5 Å². The van der Waals surface area contributed by atoms with Gasteiger partial charge in [0.2, 0.25) is 5.91 Å². The Hall–Kier alpha value is -2.82. The van der Waals surface area contributed by atoms with Gasteiger partial charge in [-0.3, -0.25) is 4.79 Å². The number of benzene rings is 2. The fourth-order valence-corrected chi connectivity index (χ4v) is 5.46. The highest BCUT2D eigenvalue weighted by molar-refractivity contribution is 5.80. The number of likely N-dealkylation sites (tertiary alicyclic amines) is 1. The van der Waals surface area contributed by atoms with E-state index in [0.29, 0.717) is 23.9 Å². The number of aromatic nitrogens is 1. The fourth-order valence-electron chi connectivity index (χ4n) is 5.46. The average Bonchev–Trinajstić information content (AvgIpc) is 3.47. The highest BCUT2D eigenvalue weighted by atomic mass is 16.4. The monoisotopic (exact) mass is 417 g/mol. The lowest BCUT2D eigenvalue weighted by Gasteiger charge is -2.36. The van der Waals surface area contributed by atoms with Crippen molar-refractivity contribution >= 4 is 23.0 Å². The van der Waals surface area contributed by atoms with Crippen molar-refractivity contribution in [2.75, 3.05) is 24.5 Å². The molecular formula is C26H31N3O2. The Morgan fingerprint density at radius 1 is 1.03 bits per heavy atom. The van der Waals surface area contributed by atoms with Gasteiger partial charge in [-0.05, 0) is 49.8 Å². The second kappa shape index (κ2) is 8.74. The number of oxazole rings is 1. The summed E-state index contributed by atoms with van der Waals surface area (Å²) in [4.78, 5) is 22.5. The van der Waals surface area contributed by atoms with Crippen molar-refractivity contribution in [2.24, 2.45) is 5.92 Å². The van der Waals surface area contributed by atoms with Crippen LogP contribution < -0.4 is 4.90 Å². The van der Waals surface area contributed by atoms with Crippen molar-refractivity contribution in [3.05, 3.63) is 60.2 Å². The molecule has 0 bridgehead atoms. The quantitative estimate of drug-likeness (QED) is 0.570. The second-order valence-electron chi connectivity index (χ2n) is 8.89. The van der Waals surface area contributed by atoms with Crippen LogP contribution in [0.15, 0.2) is 59.0 Å². The molecule has 2 aromatic carbocycles. The lowest BCUT2D eigenvalue weighted by Crippen LogP contribution is -2.46. The maximum Gasteiger partial charge on any atom is 0.298 e. The van der Waals surface area contributed by atoms with Crippen LogP contribution in [0, 0.1) is 5.92 Å². The van der Waals surface area contributed by atoms with E-state index < -0.39 is 0 Å². The number of rotatable bonds is 5. The van der Waals surface area contributed by atoms with Crippen molar-refractivity contribution in [1.29, 1.82) is 0 Å².